The van der Waals surface area contributed by atoms with Gasteiger partial charge in [-0.15, -0.1) is 0 Å². The smallest absolute Gasteiger partial charge is 0.252 e. The molecule has 3 aromatic rings. The van der Waals surface area contributed by atoms with Gasteiger partial charge in [0.15, 0.2) is 23.0 Å². The first-order valence-corrected chi connectivity index (χ1v) is 8.36. The zero-order valence-electron chi connectivity index (χ0n) is 14.7. The van der Waals surface area contributed by atoms with Crippen LogP contribution in [-0.2, 0) is 6.54 Å². The standard InChI is InChI=1S/C19H14FN5O3/c1-9-13-5-11(20)2-3-12(13)19(26)24-8-16-17(14(6-21)25-28-16)10-4-15(27-9)18(22)23-7-10/h2-5,7,9H,8H2,1H3,(H2,22,23)(H,24,26)/t9-/m1/s1. The monoisotopic (exact) mass is 379 g/mol. The van der Waals surface area contributed by atoms with E-state index in [2.05, 4.69) is 15.5 Å². The molecule has 2 bridgehead atoms. The van der Waals surface area contributed by atoms with Crippen LogP contribution in [0.2, 0.25) is 0 Å². The Bertz CT molecular complexity index is 1140. The second kappa shape index (κ2) is 6.66. The fraction of sp³-hybridized carbons (Fsp3) is 0.158. The van der Waals surface area contributed by atoms with E-state index in [9.17, 15) is 14.4 Å². The van der Waals surface area contributed by atoms with Crippen molar-refractivity contribution in [1.82, 2.24) is 15.5 Å². The van der Waals surface area contributed by atoms with E-state index in [1.54, 1.807) is 13.0 Å². The maximum Gasteiger partial charge on any atom is 0.252 e. The number of rotatable bonds is 0. The number of anilines is 1. The predicted octanol–water partition coefficient (Wildman–Crippen LogP) is 2.71. The normalized spacial score (nSPS) is 15.8. The molecular formula is C19H14FN5O3. The van der Waals surface area contributed by atoms with Gasteiger partial charge >= 0.3 is 0 Å². The number of nitrogen functional groups attached to an aromatic ring is 1. The lowest BCUT2D eigenvalue weighted by Gasteiger charge is -2.20. The summed E-state index contributed by atoms with van der Waals surface area (Å²) in [5.41, 5.74) is 7.48. The number of nitrogens with two attached hydrogens (primary N) is 1. The van der Waals surface area contributed by atoms with E-state index in [0.29, 0.717) is 16.7 Å². The van der Waals surface area contributed by atoms with Crippen molar-refractivity contribution in [3.8, 4) is 22.9 Å². The minimum atomic E-state index is -0.687. The van der Waals surface area contributed by atoms with E-state index < -0.39 is 17.8 Å². The van der Waals surface area contributed by atoms with Gasteiger partial charge in [0.25, 0.3) is 5.91 Å². The minimum Gasteiger partial charge on any atom is -0.482 e. The number of amides is 1. The molecule has 8 nitrogen and oxygen atoms in total. The Hall–Kier alpha value is -3.93. The van der Waals surface area contributed by atoms with Gasteiger partial charge in [-0.05, 0) is 31.2 Å². The molecule has 1 aliphatic heterocycles. The summed E-state index contributed by atoms with van der Waals surface area (Å²) in [5, 5.41) is 15.8. The van der Waals surface area contributed by atoms with Crippen LogP contribution in [0.3, 0.4) is 0 Å². The van der Waals surface area contributed by atoms with E-state index >= 15 is 0 Å². The number of hydrogen-bond acceptors (Lipinski definition) is 7. The van der Waals surface area contributed by atoms with Crippen molar-refractivity contribution in [1.29, 1.82) is 5.26 Å². The SMILES string of the molecule is C[C@H]1Oc2cc(cnc2N)-c2c(C#N)noc2CNC(=O)c2ccc(F)cc21. The van der Waals surface area contributed by atoms with Gasteiger partial charge in [-0.3, -0.25) is 4.79 Å². The van der Waals surface area contributed by atoms with Crippen molar-refractivity contribution in [2.75, 3.05) is 5.73 Å². The Morgan fingerprint density at radius 3 is 3.00 bits per heavy atom. The maximum absolute atomic E-state index is 13.8. The molecule has 3 heterocycles. The van der Waals surface area contributed by atoms with Gasteiger partial charge in [0.1, 0.15) is 18.0 Å². The quantitative estimate of drug-likeness (QED) is 0.615. The molecule has 1 aliphatic rings. The number of nitrogens with one attached hydrogen (secondary N) is 1. The third kappa shape index (κ3) is 2.91. The van der Waals surface area contributed by atoms with Crippen LogP contribution in [0.4, 0.5) is 10.2 Å². The number of nitriles is 1. The number of hydrogen-bond donors (Lipinski definition) is 2. The second-order valence-corrected chi connectivity index (χ2v) is 6.22. The Kier molecular flexibility index (Phi) is 4.16. The van der Waals surface area contributed by atoms with E-state index in [1.165, 1.54) is 24.4 Å². The molecule has 0 saturated carbocycles. The van der Waals surface area contributed by atoms with Gasteiger partial charge in [0, 0.05) is 22.9 Å². The largest absolute Gasteiger partial charge is 0.482 e. The zero-order valence-corrected chi connectivity index (χ0v) is 14.7. The summed E-state index contributed by atoms with van der Waals surface area (Å²) in [5.74, 6) is -0.310. The van der Waals surface area contributed by atoms with Crippen LogP contribution in [0.5, 0.6) is 5.75 Å². The van der Waals surface area contributed by atoms with Gasteiger partial charge in [-0.1, -0.05) is 5.16 Å². The number of aromatic nitrogens is 2. The van der Waals surface area contributed by atoms with E-state index in [0.717, 1.165) is 0 Å². The van der Waals surface area contributed by atoms with E-state index in [-0.39, 0.29) is 35.1 Å². The number of pyridine rings is 1. The molecule has 2 aromatic heterocycles. The van der Waals surface area contributed by atoms with Crippen LogP contribution in [0.15, 0.2) is 35.0 Å². The molecule has 1 atom stereocenters. The topological polar surface area (TPSA) is 127 Å². The molecule has 140 valence electrons. The lowest BCUT2D eigenvalue weighted by Crippen LogP contribution is -2.25. The molecule has 3 N–H and O–H groups in total. The highest BCUT2D eigenvalue weighted by Gasteiger charge is 2.24. The van der Waals surface area contributed by atoms with Crippen molar-refractivity contribution >= 4 is 11.7 Å². The maximum atomic E-state index is 13.8. The van der Waals surface area contributed by atoms with Crippen LogP contribution < -0.4 is 15.8 Å². The lowest BCUT2D eigenvalue weighted by atomic mass is 10.0. The zero-order chi connectivity index (χ0) is 19.8. The number of carbonyl (C=O) groups excluding carboxylic acids is 1. The summed E-state index contributed by atoms with van der Waals surface area (Å²) in [6, 6.07) is 7.38. The summed E-state index contributed by atoms with van der Waals surface area (Å²) < 4.78 is 24.9. The number of benzene rings is 1. The van der Waals surface area contributed by atoms with Crippen molar-refractivity contribution in [3.63, 3.8) is 0 Å². The molecule has 0 fully saturated rings. The highest BCUT2D eigenvalue weighted by atomic mass is 19.1. The number of fused-ring (bicyclic) bond motifs is 5. The molecule has 0 radical (unpaired) electrons. The first kappa shape index (κ1) is 17.5. The summed E-state index contributed by atoms with van der Waals surface area (Å²) >= 11 is 0. The van der Waals surface area contributed by atoms with Crippen LogP contribution in [-0.4, -0.2) is 16.0 Å². The molecule has 9 heteroatoms. The Morgan fingerprint density at radius 1 is 1.39 bits per heavy atom. The fourth-order valence-electron chi connectivity index (χ4n) is 3.09. The van der Waals surface area contributed by atoms with Gasteiger partial charge in [0.05, 0.1) is 12.1 Å². The fourth-order valence-corrected chi connectivity index (χ4v) is 3.09. The first-order chi connectivity index (χ1) is 13.5. The first-order valence-electron chi connectivity index (χ1n) is 8.36. The molecular weight excluding hydrogens is 365 g/mol. The van der Waals surface area contributed by atoms with Gasteiger partial charge in [-0.2, -0.15) is 5.26 Å². The average Bonchev–Trinajstić information content (AvgIpc) is 3.10. The van der Waals surface area contributed by atoms with Crippen molar-refractivity contribution < 1.29 is 18.4 Å². The van der Waals surface area contributed by atoms with Gasteiger partial charge < -0.3 is 20.3 Å². The Balaban J connectivity index is 1.92. The molecule has 0 unspecified atom stereocenters. The molecule has 4 rings (SSSR count). The third-order valence-corrected chi connectivity index (χ3v) is 4.45. The predicted molar refractivity (Wildman–Crippen MR) is 95.5 cm³/mol. The summed E-state index contributed by atoms with van der Waals surface area (Å²) in [6.07, 6.45) is 0.776. The van der Waals surface area contributed by atoms with E-state index in [1.807, 2.05) is 6.07 Å². The molecule has 1 amide bonds. The van der Waals surface area contributed by atoms with Crippen LogP contribution in [0.25, 0.3) is 11.1 Å². The highest BCUT2D eigenvalue weighted by molar-refractivity contribution is 5.96. The molecule has 28 heavy (non-hydrogen) atoms. The lowest BCUT2D eigenvalue weighted by molar-refractivity contribution is 0.0942. The number of carbonyl (C=O) groups is 1. The second-order valence-electron chi connectivity index (χ2n) is 6.22. The van der Waals surface area contributed by atoms with E-state index in [4.69, 9.17) is 15.0 Å². The summed E-state index contributed by atoms with van der Waals surface area (Å²) in [4.78, 5) is 16.8. The van der Waals surface area contributed by atoms with Crippen molar-refractivity contribution in [2.45, 2.75) is 19.6 Å². The number of nitrogens with zero attached hydrogens (tertiary/aromatic N) is 3. The van der Waals surface area contributed by atoms with Crippen molar-refractivity contribution in [3.05, 3.63) is 58.9 Å². The third-order valence-electron chi connectivity index (χ3n) is 4.45. The van der Waals surface area contributed by atoms with Crippen LogP contribution in [0.1, 0.15) is 40.4 Å². The van der Waals surface area contributed by atoms with Crippen LogP contribution >= 0.6 is 0 Å². The van der Waals surface area contributed by atoms with Crippen molar-refractivity contribution in [2.24, 2.45) is 0 Å². The molecule has 1 aromatic carbocycles. The number of ether oxygens (including phenoxy) is 1. The highest BCUT2D eigenvalue weighted by Crippen LogP contribution is 2.35. The van der Waals surface area contributed by atoms with Crippen LogP contribution in [0, 0.1) is 17.1 Å². The molecule has 0 spiro atoms. The Morgan fingerprint density at radius 2 is 2.21 bits per heavy atom. The molecule has 0 saturated heterocycles. The van der Waals surface area contributed by atoms with Gasteiger partial charge in [-0.25, -0.2) is 9.37 Å². The van der Waals surface area contributed by atoms with Gasteiger partial charge in [0.2, 0.25) is 0 Å². The average molecular weight is 379 g/mol. The Labute approximate surface area is 158 Å². The number of halogens is 1. The molecule has 0 aliphatic carbocycles. The summed E-state index contributed by atoms with van der Waals surface area (Å²) in [6.45, 7) is 1.66. The summed E-state index contributed by atoms with van der Waals surface area (Å²) in [7, 11) is 0. The minimum absolute atomic E-state index is 0.0192.